The first kappa shape index (κ1) is 16.5. The predicted molar refractivity (Wildman–Crippen MR) is 84.3 cm³/mol. The Bertz CT molecular complexity index is 732. The molecule has 0 atom stereocenters. The van der Waals surface area contributed by atoms with Gasteiger partial charge in [0.1, 0.15) is 11.6 Å². The third-order valence-corrected chi connectivity index (χ3v) is 3.24. The van der Waals surface area contributed by atoms with Gasteiger partial charge in [0.25, 0.3) is 0 Å². The Labute approximate surface area is 132 Å². The number of primary amides is 1. The smallest absolute Gasteiger partial charge is 0.248 e. The number of hydrogen-bond acceptors (Lipinski definition) is 3. The molecule has 0 saturated carbocycles. The van der Waals surface area contributed by atoms with Crippen molar-refractivity contribution in [3.63, 3.8) is 0 Å². The van der Waals surface area contributed by atoms with E-state index in [0.717, 1.165) is 23.8 Å². The molecule has 0 aromatic heterocycles. The molecule has 2 rings (SSSR count). The molecule has 0 unspecified atom stereocenters. The molecular weight excluding hydrogens is 299 g/mol. The maximum Gasteiger partial charge on any atom is 0.248 e. The summed E-state index contributed by atoms with van der Waals surface area (Å²) in [6, 6.07) is 10.2. The van der Waals surface area contributed by atoms with Gasteiger partial charge in [-0.1, -0.05) is 18.2 Å². The van der Waals surface area contributed by atoms with Gasteiger partial charge in [0.05, 0.1) is 12.1 Å². The first-order valence-electron chi connectivity index (χ1n) is 6.98. The number of carbonyl (C=O) groups is 2. The van der Waals surface area contributed by atoms with E-state index >= 15 is 0 Å². The van der Waals surface area contributed by atoms with Crippen molar-refractivity contribution in [1.82, 2.24) is 0 Å². The van der Waals surface area contributed by atoms with Crippen molar-refractivity contribution in [1.29, 1.82) is 0 Å². The van der Waals surface area contributed by atoms with Gasteiger partial charge < -0.3 is 16.2 Å². The lowest BCUT2D eigenvalue weighted by Gasteiger charge is -2.08. The summed E-state index contributed by atoms with van der Waals surface area (Å²) in [5.41, 5.74) is 6.46. The van der Waals surface area contributed by atoms with Crippen LogP contribution in [0.3, 0.4) is 0 Å². The van der Waals surface area contributed by atoms with Crippen molar-refractivity contribution in [2.45, 2.75) is 12.8 Å². The van der Waals surface area contributed by atoms with Crippen LogP contribution in [-0.2, 0) is 11.2 Å². The normalized spacial score (nSPS) is 10.3. The molecule has 0 spiro atoms. The van der Waals surface area contributed by atoms with Crippen molar-refractivity contribution in [2.24, 2.45) is 5.73 Å². The SMILES string of the molecule is NC(=O)c1ccccc1CC[CH]C(=O)Nc1cc(F)ccc1O. The highest BCUT2D eigenvalue weighted by Crippen LogP contribution is 2.23. The zero-order valence-corrected chi connectivity index (χ0v) is 12.3. The summed E-state index contributed by atoms with van der Waals surface area (Å²) >= 11 is 0. The largest absolute Gasteiger partial charge is 0.506 e. The van der Waals surface area contributed by atoms with Crippen molar-refractivity contribution < 1.29 is 19.1 Å². The highest BCUT2D eigenvalue weighted by Gasteiger charge is 2.10. The Kier molecular flexibility index (Phi) is 5.30. The van der Waals surface area contributed by atoms with Gasteiger partial charge in [-0.3, -0.25) is 9.59 Å². The molecule has 2 amide bonds. The van der Waals surface area contributed by atoms with E-state index in [4.69, 9.17) is 5.73 Å². The summed E-state index contributed by atoms with van der Waals surface area (Å²) in [7, 11) is 0. The Morgan fingerprint density at radius 2 is 1.96 bits per heavy atom. The third kappa shape index (κ3) is 4.54. The quantitative estimate of drug-likeness (QED) is 0.715. The second kappa shape index (κ2) is 7.40. The molecule has 0 aliphatic rings. The zero-order valence-electron chi connectivity index (χ0n) is 12.3. The van der Waals surface area contributed by atoms with E-state index < -0.39 is 17.6 Å². The molecule has 0 fully saturated rings. The van der Waals surface area contributed by atoms with Crippen LogP contribution in [0.4, 0.5) is 10.1 Å². The summed E-state index contributed by atoms with van der Waals surface area (Å²) in [6.45, 7) is 0. The Balaban J connectivity index is 1.90. The first-order chi connectivity index (χ1) is 11.0. The van der Waals surface area contributed by atoms with E-state index in [2.05, 4.69) is 5.32 Å². The fourth-order valence-corrected chi connectivity index (χ4v) is 2.13. The molecule has 0 saturated heterocycles. The number of anilines is 1. The molecule has 6 heteroatoms. The van der Waals surface area contributed by atoms with Crippen LogP contribution in [0, 0.1) is 12.2 Å². The van der Waals surface area contributed by atoms with Gasteiger partial charge in [-0.15, -0.1) is 0 Å². The van der Waals surface area contributed by atoms with Gasteiger partial charge >= 0.3 is 0 Å². The van der Waals surface area contributed by atoms with Crippen LogP contribution in [-0.4, -0.2) is 16.9 Å². The molecule has 1 radical (unpaired) electrons. The molecule has 2 aromatic carbocycles. The minimum atomic E-state index is -0.562. The molecule has 5 nitrogen and oxygen atoms in total. The van der Waals surface area contributed by atoms with Crippen LogP contribution >= 0.6 is 0 Å². The Morgan fingerprint density at radius 3 is 2.70 bits per heavy atom. The van der Waals surface area contributed by atoms with Crippen molar-refractivity contribution in [2.75, 3.05) is 5.32 Å². The van der Waals surface area contributed by atoms with Gasteiger partial charge in [0.2, 0.25) is 11.8 Å². The second-order valence-electron chi connectivity index (χ2n) is 4.91. The molecule has 23 heavy (non-hydrogen) atoms. The van der Waals surface area contributed by atoms with Gasteiger partial charge in [0, 0.05) is 11.6 Å². The van der Waals surface area contributed by atoms with Crippen molar-refractivity contribution >= 4 is 17.5 Å². The maximum absolute atomic E-state index is 13.1. The number of hydrogen-bond donors (Lipinski definition) is 3. The molecule has 0 bridgehead atoms. The monoisotopic (exact) mass is 315 g/mol. The van der Waals surface area contributed by atoms with Gasteiger partial charge in [-0.05, 0) is 36.6 Å². The third-order valence-electron chi connectivity index (χ3n) is 3.24. The summed E-state index contributed by atoms with van der Waals surface area (Å²) in [5, 5.41) is 11.9. The van der Waals surface area contributed by atoms with E-state index in [1.807, 2.05) is 0 Å². The van der Waals surface area contributed by atoms with Gasteiger partial charge in [0.15, 0.2) is 0 Å². The zero-order chi connectivity index (χ0) is 16.8. The van der Waals surface area contributed by atoms with Crippen molar-refractivity contribution in [3.8, 4) is 5.75 Å². The van der Waals surface area contributed by atoms with Crippen LogP contribution in [0.15, 0.2) is 42.5 Å². The molecule has 4 N–H and O–H groups in total. The number of halogens is 1. The predicted octanol–water partition coefficient (Wildman–Crippen LogP) is 2.41. The number of nitrogens with one attached hydrogen (secondary N) is 1. The Morgan fingerprint density at radius 1 is 1.22 bits per heavy atom. The topological polar surface area (TPSA) is 92.4 Å². The number of nitrogens with two attached hydrogens (primary N) is 1. The van der Waals surface area contributed by atoms with Crippen LogP contribution < -0.4 is 11.1 Å². The number of phenolic OH excluding ortho intramolecular Hbond substituents is 1. The number of aromatic hydroxyl groups is 1. The minimum Gasteiger partial charge on any atom is -0.506 e. The van der Waals surface area contributed by atoms with Crippen LogP contribution in [0.25, 0.3) is 0 Å². The van der Waals surface area contributed by atoms with Crippen molar-refractivity contribution in [3.05, 3.63) is 65.8 Å². The first-order valence-corrected chi connectivity index (χ1v) is 6.98. The number of amides is 2. The number of aryl methyl sites for hydroxylation is 1. The average Bonchev–Trinajstić information content (AvgIpc) is 2.51. The van der Waals surface area contributed by atoms with Gasteiger partial charge in [-0.25, -0.2) is 4.39 Å². The van der Waals surface area contributed by atoms with Crippen LogP contribution in [0.2, 0.25) is 0 Å². The molecule has 0 aliphatic heterocycles. The molecule has 119 valence electrons. The molecule has 2 aromatic rings. The number of benzene rings is 2. The standard InChI is InChI=1S/C17H16FN2O3/c18-12-8-9-15(21)14(10-12)20-16(22)7-3-5-11-4-1-2-6-13(11)17(19)23/h1-2,4,6-10,21H,3,5H2,(H2,19,23)(H,20,22). The summed E-state index contributed by atoms with van der Waals surface area (Å²) in [4.78, 5) is 23.1. The maximum atomic E-state index is 13.1. The lowest BCUT2D eigenvalue weighted by Crippen LogP contribution is -2.15. The van der Waals surface area contributed by atoms with E-state index in [9.17, 15) is 19.1 Å². The van der Waals surface area contributed by atoms with Crippen LogP contribution in [0.1, 0.15) is 22.3 Å². The van der Waals surface area contributed by atoms with E-state index in [1.54, 1.807) is 24.3 Å². The molecular formula is C17H16FN2O3. The number of phenols is 1. The highest BCUT2D eigenvalue weighted by molar-refractivity contribution is 5.98. The van der Waals surface area contributed by atoms with E-state index in [1.165, 1.54) is 6.42 Å². The summed E-state index contributed by atoms with van der Waals surface area (Å²) in [5.74, 6) is -1.77. The van der Waals surface area contributed by atoms with E-state index in [0.29, 0.717) is 18.4 Å². The Hall–Kier alpha value is -2.89. The minimum absolute atomic E-state index is 0.00351. The fraction of sp³-hybridized carbons (Fsp3) is 0.118. The summed E-state index contributed by atoms with van der Waals surface area (Å²) in [6.07, 6.45) is 2.19. The lowest BCUT2D eigenvalue weighted by molar-refractivity contribution is -0.113. The number of carbonyl (C=O) groups excluding carboxylic acids is 2. The average molecular weight is 315 g/mol. The van der Waals surface area contributed by atoms with E-state index in [-0.39, 0.29) is 11.4 Å². The lowest BCUT2D eigenvalue weighted by atomic mass is 10.0. The molecule has 0 heterocycles. The highest BCUT2D eigenvalue weighted by atomic mass is 19.1. The van der Waals surface area contributed by atoms with Crippen LogP contribution in [0.5, 0.6) is 5.75 Å². The summed E-state index contributed by atoms with van der Waals surface area (Å²) < 4.78 is 13.1. The number of rotatable bonds is 6. The second-order valence-corrected chi connectivity index (χ2v) is 4.91. The fourth-order valence-electron chi connectivity index (χ4n) is 2.13. The van der Waals surface area contributed by atoms with Gasteiger partial charge in [-0.2, -0.15) is 0 Å². The molecule has 0 aliphatic carbocycles.